The highest BCUT2D eigenvalue weighted by Gasteiger charge is 2.26. The zero-order valence-corrected chi connectivity index (χ0v) is 16.9. The number of nitrogens with zero attached hydrogens (tertiary/aromatic N) is 3. The lowest BCUT2D eigenvalue weighted by Gasteiger charge is -2.12. The van der Waals surface area contributed by atoms with Gasteiger partial charge in [0.25, 0.3) is 0 Å². The molecule has 2 amide bonds. The van der Waals surface area contributed by atoms with Crippen molar-refractivity contribution in [2.75, 3.05) is 12.3 Å². The second-order valence-electron chi connectivity index (χ2n) is 5.84. The molecule has 8 heteroatoms. The summed E-state index contributed by atoms with van der Waals surface area (Å²) in [4.78, 5) is 35.1. The first-order valence-corrected chi connectivity index (χ1v) is 10.7. The minimum absolute atomic E-state index is 0.0721. The quantitative estimate of drug-likeness (QED) is 0.439. The van der Waals surface area contributed by atoms with E-state index in [1.165, 1.54) is 23.0 Å². The molecule has 0 saturated carbocycles. The number of likely N-dealkylation sites (tertiary alicyclic amines) is 1. The fourth-order valence-electron chi connectivity index (χ4n) is 2.81. The number of carbonyl (C=O) groups is 2. The number of amides is 2. The molecule has 0 spiro atoms. The van der Waals surface area contributed by atoms with E-state index in [0.717, 1.165) is 36.6 Å². The summed E-state index contributed by atoms with van der Waals surface area (Å²) in [6, 6.07) is 10.2. The number of carbonyl (C=O) groups excluding carboxylic acids is 2. The Morgan fingerprint density at radius 3 is 2.81 bits per heavy atom. The number of fused-ring (bicyclic) bond motifs is 1. The van der Waals surface area contributed by atoms with E-state index in [-0.39, 0.29) is 17.6 Å². The molecule has 1 aliphatic heterocycles. The van der Waals surface area contributed by atoms with Crippen LogP contribution in [0.4, 0.5) is 0 Å². The average Bonchev–Trinajstić information content (AvgIpc) is 3.26. The van der Waals surface area contributed by atoms with Crippen LogP contribution in [0.15, 0.2) is 46.2 Å². The molecule has 3 heterocycles. The Labute approximate surface area is 167 Å². The molecule has 1 saturated heterocycles. The van der Waals surface area contributed by atoms with Gasteiger partial charge in [-0.2, -0.15) is 0 Å². The van der Waals surface area contributed by atoms with E-state index in [2.05, 4.69) is 38.0 Å². The number of halogens is 1. The van der Waals surface area contributed by atoms with Crippen LogP contribution in [0.1, 0.15) is 12.8 Å². The molecule has 0 bridgehead atoms. The maximum atomic E-state index is 12.3. The molecule has 0 unspecified atom stereocenters. The molecule has 0 radical (unpaired) electrons. The molecule has 2 aromatic heterocycles. The standard InChI is InChI=1S/C18H14BrN3O2S2/c19-12-5-3-11(4-6-12)14-8-13-17(26-14)18(21-10-20-13)25-9-16(24)22-7-1-2-15(22)23/h3-6,8,10H,1-2,7,9H2. The van der Waals surface area contributed by atoms with Crippen LogP contribution in [0.2, 0.25) is 0 Å². The maximum Gasteiger partial charge on any atom is 0.239 e. The van der Waals surface area contributed by atoms with Crippen molar-refractivity contribution in [2.45, 2.75) is 17.9 Å². The van der Waals surface area contributed by atoms with Gasteiger partial charge in [-0.1, -0.05) is 39.8 Å². The second-order valence-corrected chi connectivity index (χ2v) is 8.77. The summed E-state index contributed by atoms with van der Waals surface area (Å²) in [5.41, 5.74) is 1.99. The van der Waals surface area contributed by atoms with Crippen molar-refractivity contribution in [3.05, 3.63) is 41.1 Å². The third-order valence-electron chi connectivity index (χ3n) is 4.11. The summed E-state index contributed by atoms with van der Waals surface area (Å²) >= 11 is 6.43. The van der Waals surface area contributed by atoms with Crippen LogP contribution in [0, 0.1) is 0 Å². The fourth-order valence-corrected chi connectivity index (χ4v) is 5.15. The summed E-state index contributed by atoms with van der Waals surface area (Å²) in [6.45, 7) is 0.532. The van der Waals surface area contributed by atoms with Crippen LogP contribution >= 0.6 is 39.0 Å². The van der Waals surface area contributed by atoms with Crippen molar-refractivity contribution in [1.29, 1.82) is 0 Å². The van der Waals surface area contributed by atoms with E-state index in [0.29, 0.717) is 13.0 Å². The molecule has 0 atom stereocenters. The highest BCUT2D eigenvalue weighted by atomic mass is 79.9. The first-order valence-electron chi connectivity index (χ1n) is 8.08. The van der Waals surface area contributed by atoms with Gasteiger partial charge in [0.1, 0.15) is 11.4 Å². The summed E-state index contributed by atoms with van der Waals surface area (Å²) in [5.74, 6) is -0.00496. The molecule has 1 fully saturated rings. The van der Waals surface area contributed by atoms with E-state index in [4.69, 9.17) is 0 Å². The van der Waals surface area contributed by atoms with Gasteiger partial charge in [-0.25, -0.2) is 9.97 Å². The zero-order chi connectivity index (χ0) is 18.1. The van der Waals surface area contributed by atoms with Crippen molar-refractivity contribution in [1.82, 2.24) is 14.9 Å². The number of benzene rings is 1. The Balaban J connectivity index is 1.56. The van der Waals surface area contributed by atoms with Crippen LogP contribution in [-0.2, 0) is 9.59 Å². The Kier molecular flexibility index (Phi) is 5.06. The molecule has 26 heavy (non-hydrogen) atoms. The van der Waals surface area contributed by atoms with Gasteiger partial charge in [0.15, 0.2) is 0 Å². The second kappa shape index (κ2) is 7.46. The summed E-state index contributed by atoms with van der Waals surface area (Å²) in [5, 5.41) is 0.781. The van der Waals surface area contributed by atoms with Crippen molar-refractivity contribution in [3.8, 4) is 10.4 Å². The van der Waals surface area contributed by atoms with E-state index >= 15 is 0 Å². The van der Waals surface area contributed by atoms with Gasteiger partial charge in [-0.3, -0.25) is 14.5 Å². The minimum Gasteiger partial charge on any atom is -0.282 e. The smallest absolute Gasteiger partial charge is 0.239 e. The van der Waals surface area contributed by atoms with Crippen LogP contribution in [0.5, 0.6) is 0 Å². The Bertz CT molecular complexity index is 988. The Morgan fingerprint density at radius 1 is 1.27 bits per heavy atom. The lowest BCUT2D eigenvalue weighted by molar-refractivity contribution is -0.140. The average molecular weight is 448 g/mol. The number of hydrogen-bond donors (Lipinski definition) is 0. The van der Waals surface area contributed by atoms with Gasteiger partial charge in [-0.15, -0.1) is 11.3 Å². The van der Waals surface area contributed by atoms with Crippen molar-refractivity contribution < 1.29 is 9.59 Å². The first-order chi connectivity index (χ1) is 12.6. The van der Waals surface area contributed by atoms with Gasteiger partial charge in [0.2, 0.25) is 11.8 Å². The van der Waals surface area contributed by atoms with Gasteiger partial charge < -0.3 is 0 Å². The summed E-state index contributed by atoms with van der Waals surface area (Å²) in [7, 11) is 0. The minimum atomic E-state index is -0.144. The normalized spacial score (nSPS) is 14.3. The number of imide groups is 1. The molecule has 0 aliphatic carbocycles. The lowest BCUT2D eigenvalue weighted by atomic mass is 10.2. The largest absolute Gasteiger partial charge is 0.282 e. The fraction of sp³-hybridized carbons (Fsp3) is 0.222. The first kappa shape index (κ1) is 17.6. The zero-order valence-electron chi connectivity index (χ0n) is 13.6. The van der Waals surface area contributed by atoms with Gasteiger partial charge in [0.05, 0.1) is 16.0 Å². The highest BCUT2D eigenvalue weighted by molar-refractivity contribution is 9.10. The molecule has 3 aromatic rings. The molecule has 1 aromatic carbocycles. The molecular weight excluding hydrogens is 434 g/mol. The lowest BCUT2D eigenvalue weighted by Crippen LogP contribution is -2.33. The Hall–Kier alpha value is -1.77. The van der Waals surface area contributed by atoms with Gasteiger partial charge in [0, 0.05) is 22.3 Å². The van der Waals surface area contributed by atoms with Gasteiger partial charge >= 0.3 is 0 Å². The molecule has 5 nitrogen and oxygen atoms in total. The number of rotatable bonds is 4. The van der Waals surface area contributed by atoms with Crippen molar-refractivity contribution in [3.63, 3.8) is 0 Å². The SMILES string of the molecule is O=C1CCCN1C(=O)CSc1ncnc2cc(-c3ccc(Br)cc3)sc12. The molecule has 0 N–H and O–H groups in total. The molecule has 132 valence electrons. The molecule has 4 rings (SSSR count). The third-order valence-corrected chi connectivity index (χ3v) is 6.93. The van der Waals surface area contributed by atoms with E-state index in [1.807, 2.05) is 18.2 Å². The van der Waals surface area contributed by atoms with Crippen LogP contribution in [0.25, 0.3) is 20.7 Å². The Morgan fingerprint density at radius 2 is 2.08 bits per heavy atom. The van der Waals surface area contributed by atoms with Crippen LogP contribution in [0.3, 0.4) is 0 Å². The molecule has 1 aliphatic rings. The summed E-state index contributed by atoms with van der Waals surface area (Å²) < 4.78 is 2.00. The van der Waals surface area contributed by atoms with Crippen molar-refractivity contribution >= 4 is 61.1 Å². The van der Waals surface area contributed by atoms with Crippen LogP contribution in [-0.4, -0.2) is 39.0 Å². The van der Waals surface area contributed by atoms with Gasteiger partial charge in [-0.05, 0) is 30.2 Å². The monoisotopic (exact) mass is 447 g/mol. The number of thioether (sulfide) groups is 1. The predicted octanol–water partition coefficient (Wildman–Crippen LogP) is 4.36. The predicted molar refractivity (Wildman–Crippen MR) is 107 cm³/mol. The maximum absolute atomic E-state index is 12.3. The third kappa shape index (κ3) is 3.54. The van der Waals surface area contributed by atoms with Crippen molar-refractivity contribution in [2.24, 2.45) is 0 Å². The number of thiophene rings is 1. The van der Waals surface area contributed by atoms with E-state index < -0.39 is 0 Å². The topological polar surface area (TPSA) is 63.2 Å². The van der Waals surface area contributed by atoms with E-state index in [1.54, 1.807) is 11.3 Å². The number of hydrogen-bond acceptors (Lipinski definition) is 6. The van der Waals surface area contributed by atoms with E-state index in [9.17, 15) is 9.59 Å². The number of aromatic nitrogens is 2. The molecular formula is C18H14BrN3O2S2. The van der Waals surface area contributed by atoms with Crippen LogP contribution < -0.4 is 0 Å². The summed E-state index contributed by atoms with van der Waals surface area (Å²) in [6.07, 6.45) is 2.75. The highest BCUT2D eigenvalue weighted by Crippen LogP contribution is 2.37.